The number of nitrogens with zero attached hydrogens (tertiary/aromatic N) is 1. The number of aliphatic hydroxyl groups excluding tert-OH is 1. The fourth-order valence-electron chi connectivity index (χ4n) is 1.90. The van der Waals surface area contributed by atoms with Crippen LogP contribution in [0.1, 0.15) is 13.8 Å². The molecule has 1 aliphatic heterocycles. The van der Waals surface area contributed by atoms with Gasteiger partial charge < -0.3 is 20.4 Å². The molecular weight excluding hydrogens is 276 g/mol. The first-order valence-corrected chi connectivity index (χ1v) is 7.64. The Kier molecular flexibility index (Phi) is 4.75. The van der Waals surface area contributed by atoms with Crippen molar-refractivity contribution in [1.29, 1.82) is 0 Å². The lowest BCUT2D eigenvalue weighted by molar-refractivity contribution is -0.141. The molecule has 19 heavy (non-hydrogen) atoms. The van der Waals surface area contributed by atoms with Gasteiger partial charge in [0.25, 0.3) is 0 Å². The number of rotatable bonds is 3. The standard InChI is InChI=1S/C10H18N2O6S/c1-6-5-19(17,18)4-3-12(6)10(16)11-8(7(2)13)9(14)15/h6-8,13H,3-5H2,1-2H3,(H,11,16)(H,14,15)/t6?,7-,8+/m1/s1. The normalized spacial score (nSPS) is 25.4. The quantitative estimate of drug-likeness (QED) is 0.591. The molecule has 1 rings (SSSR count). The number of aliphatic hydroxyl groups is 1. The van der Waals surface area contributed by atoms with Crippen LogP contribution in [-0.4, -0.2) is 71.8 Å². The maximum atomic E-state index is 11.9. The average Bonchev–Trinajstić information content (AvgIpc) is 2.23. The van der Waals surface area contributed by atoms with Crippen LogP contribution in [-0.2, 0) is 14.6 Å². The summed E-state index contributed by atoms with van der Waals surface area (Å²) in [5, 5.41) is 20.3. The molecule has 1 fully saturated rings. The first-order chi connectivity index (χ1) is 8.64. The summed E-state index contributed by atoms with van der Waals surface area (Å²) in [6, 6.07) is -2.63. The number of carboxylic acids is 1. The molecule has 3 atom stereocenters. The molecule has 1 saturated heterocycles. The van der Waals surface area contributed by atoms with Gasteiger partial charge >= 0.3 is 12.0 Å². The van der Waals surface area contributed by atoms with E-state index in [0.29, 0.717) is 0 Å². The van der Waals surface area contributed by atoms with Gasteiger partial charge in [0, 0.05) is 12.6 Å². The van der Waals surface area contributed by atoms with Gasteiger partial charge in [0.1, 0.15) is 0 Å². The van der Waals surface area contributed by atoms with Gasteiger partial charge in [0.15, 0.2) is 15.9 Å². The lowest BCUT2D eigenvalue weighted by Gasteiger charge is -2.34. The Hall–Kier alpha value is -1.35. The number of amides is 2. The largest absolute Gasteiger partial charge is 0.480 e. The van der Waals surface area contributed by atoms with Crippen molar-refractivity contribution in [3.63, 3.8) is 0 Å². The van der Waals surface area contributed by atoms with Gasteiger partial charge in [-0.1, -0.05) is 0 Å². The maximum Gasteiger partial charge on any atom is 0.328 e. The molecule has 1 heterocycles. The molecule has 0 aromatic heterocycles. The highest BCUT2D eigenvalue weighted by Crippen LogP contribution is 2.11. The Morgan fingerprint density at radius 1 is 1.42 bits per heavy atom. The van der Waals surface area contributed by atoms with E-state index in [0.717, 1.165) is 0 Å². The van der Waals surface area contributed by atoms with E-state index in [9.17, 15) is 23.1 Å². The van der Waals surface area contributed by atoms with Gasteiger partial charge in [-0.05, 0) is 13.8 Å². The average molecular weight is 294 g/mol. The minimum absolute atomic E-state index is 0.0154. The van der Waals surface area contributed by atoms with E-state index >= 15 is 0 Å². The van der Waals surface area contributed by atoms with Crippen LogP contribution in [0.3, 0.4) is 0 Å². The van der Waals surface area contributed by atoms with Gasteiger partial charge in [-0.15, -0.1) is 0 Å². The molecule has 0 aliphatic carbocycles. The van der Waals surface area contributed by atoms with Gasteiger partial charge in [-0.2, -0.15) is 0 Å². The molecule has 1 unspecified atom stereocenters. The van der Waals surface area contributed by atoms with Crippen LogP contribution in [0.5, 0.6) is 0 Å². The lowest BCUT2D eigenvalue weighted by Crippen LogP contribution is -2.57. The topological polar surface area (TPSA) is 124 Å². The van der Waals surface area contributed by atoms with Crippen molar-refractivity contribution in [3.05, 3.63) is 0 Å². The highest BCUT2D eigenvalue weighted by Gasteiger charge is 2.34. The fraction of sp³-hybridized carbons (Fsp3) is 0.800. The van der Waals surface area contributed by atoms with E-state index in [2.05, 4.69) is 5.32 Å². The number of aliphatic carboxylic acids is 1. The number of hydrogen-bond acceptors (Lipinski definition) is 5. The van der Waals surface area contributed by atoms with Crippen LogP contribution in [0.15, 0.2) is 0 Å². The van der Waals surface area contributed by atoms with Crippen LogP contribution in [0.2, 0.25) is 0 Å². The second-order valence-corrected chi connectivity index (χ2v) is 6.89. The first-order valence-electron chi connectivity index (χ1n) is 5.82. The minimum atomic E-state index is -3.15. The van der Waals surface area contributed by atoms with Crippen molar-refractivity contribution in [1.82, 2.24) is 10.2 Å². The molecule has 0 saturated carbocycles. The van der Waals surface area contributed by atoms with E-state index in [1.54, 1.807) is 6.92 Å². The third-order valence-corrected chi connectivity index (χ3v) is 4.75. The smallest absolute Gasteiger partial charge is 0.328 e. The zero-order valence-corrected chi connectivity index (χ0v) is 11.6. The Morgan fingerprint density at radius 2 is 2.00 bits per heavy atom. The zero-order valence-electron chi connectivity index (χ0n) is 10.7. The number of carbonyl (C=O) groups is 2. The molecule has 110 valence electrons. The first kappa shape index (κ1) is 15.7. The predicted molar refractivity (Wildman–Crippen MR) is 66.5 cm³/mol. The highest BCUT2D eigenvalue weighted by atomic mass is 32.2. The van der Waals surface area contributed by atoms with E-state index in [-0.39, 0.29) is 18.1 Å². The van der Waals surface area contributed by atoms with Crippen molar-refractivity contribution in [2.24, 2.45) is 0 Å². The maximum absolute atomic E-state index is 11.9. The molecule has 9 heteroatoms. The van der Waals surface area contributed by atoms with Crippen molar-refractivity contribution in [2.75, 3.05) is 18.1 Å². The van der Waals surface area contributed by atoms with Crippen molar-refractivity contribution >= 4 is 21.8 Å². The number of sulfone groups is 1. The summed E-state index contributed by atoms with van der Waals surface area (Å²) in [5.74, 6) is -1.63. The molecule has 0 spiro atoms. The van der Waals surface area contributed by atoms with Crippen LogP contribution in [0.4, 0.5) is 4.79 Å². The van der Waals surface area contributed by atoms with Gasteiger partial charge in [-0.25, -0.2) is 18.0 Å². The summed E-state index contributed by atoms with van der Waals surface area (Å²) in [5.41, 5.74) is 0. The third kappa shape index (κ3) is 4.06. The summed E-state index contributed by atoms with van der Waals surface area (Å²) in [4.78, 5) is 24.0. The van der Waals surface area contributed by atoms with Crippen LogP contribution in [0.25, 0.3) is 0 Å². The van der Waals surface area contributed by atoms with Crippen LogP contribution < -0.4 is 5.32 Å². The summed E-state index contributed by atoms with van der Waals surface area (Å²) in [6.45, 7) is 2.85. The molecule has 0 aromatic rings. The third-order valence-electron chi connectivity index (χ3n) is 2.96. The molecule has 0 radical (unpaired) electrons. The molecule has 3 N–H and O–H groups in total. The van der Waals surface area contributed by atoms with Crippen LogP contribution in [0, 0.1) is 0 Å². The highest BCUT2D eigenvalue weighted by molar-refractivity contribution is 7.91. The number of carboxylic acid groups (broad SMARTS) is 1. The minimum Gasteiger partial charge on any atom is -0.480 e. The number of hydrogen-bond donors (Lipinski definition) is 3. The van der Waals surface area contributed by atoms with Gasteiger partial charge in [0.05, 0.1) is 17.6 Å². The lowest BCUT2D eigenvalue weighted by atomic mass is 10.2. The Balaban J connectivity index is 2.71. The van der Waals surface area contributed by atoms with Gasteiger partial charge in [0.2, 0.25) is 0 Å². The van der Waals surface area contributed by atoms with E-state index in [1.165, 1.54) is 11.8 Å². The van der Waals surface area contributed by atoms with Crippen molar-refractivity contribution < 1.29 is 28.2 Å². The molecule has 8 nitrogen and oxygen atoms in total. The van der Waals surface area contributed by atoms with E-state index in [4.69, 9.17) is 5.11 Å². The number of carbonyl (C=O) groups excluding carboxylic acids is 1. The van der Waals surface area contributed by atoms with Crippen molar-refractivity contribution in [2.45, 2.75) is 32.0 Å². The summed E-state index contributed by atoms with van der Waals surface area (Å²) in [6.07, 6.45) is -1.25. The SMILES string of the molecule is CC1CS(=O)(=O)CCN1C(=O)N[C@H](C(=O)O)[C@@H](C)O. The zero-order chi connectivity index (χ0) is 14.8. The molecule has 0 aromatic carbocycles. The van der Waals surface area contributed by atoms with E-state index < -0.39 is 40.0 Å². The summed E-state index contributed by atoms with van der Waals surface area (Å²) in [7, 11) is -3.15. The molecule has 1 aliphatic rings. The molecule has 2 amide bonds. The Bertz CT molecular complexity index is 461. The fourth-order valence-corrected chi connectivity index (χ4v) is 3.46. The molecular formula is C10H18N2O6S. The predicted octanol–water partition coefficient (Wildman–Crippen LogP) is -1.35. The second kappa shape index (κ2) is 5.74. The second-order valence-electron chi connectivity index (χ2n) is 4.66. The van der Waals surface area contributed by atoms with E-state index in [1.807, 2.05) is 0 Å². The monoisotopic (exact) mass is 294 g/mol. The Morgan fingerprint density at radius 3 is 2.42 bits per heavy atom. The Labute approximate surface area is 111 Å². The summed E-state index contributed by atoms with van der Waals surface area (Å²) < 4.78 is 22.8. The molecule has 0 bridgehead atoms. The van der Waals surface area contributed by atoms with Gasteiger partial charge in [-0.3, -0.25) is 0 Å². The van der Waals surface area contributed by atoms with Crippen molar-refractivity contribution in [3.8, 4) is 0 Å². The van der Waals surface area contributed by atoms with Crippen LogP contribution >= 0.6 is 0 Å². The number of nitrogens with one attached hydrogen (secondary N) is 1. The number of urea groups is 1. The summed E-state index contributed by atoms with van der Waals surface area (Å²) >= 11 is 0.